The number of rotatable bonds is 8. The maximum atomic E-state index is 12.4. The lowest BCUT2D eigenvalue weighted by molar-refractivity contribution is -0.113. The molecular weight excluding hydrogens is 378 g/mol. The van der Waals surface area contributed by atoms with Crippen molar-refractivity contribution >= 4 is 23.4 Å². The van der Waals surface area contributed by atoms with Crippen molar-refractivity contribution in [2.24, 2.45) is 7.05 Å². The fourth-order valence-corrected chi connectivity index (χ4v) is 3.52. The number of thioether (sulfide) groups is 1. The molecule has 0 saturated carbocycles. The third-order valence-electron chi connectivity index (χ3n) is 4.28. The number of methoxy groups -OCH3 is 1. The number of nitrogens with zero attached hydrogens (tertiary/aromatic N) is 6. The van der Waals surface area contributed by atoms with Crippen molar-refractivity contribution in [2.75, 3.05) is 24.8 Å². The van der Waals surface area contributed by atoms with Gasteiger partial charge in [-0.3, -0.25) is 19.0 Å². The Morgan fingerprint density at radius 1 is 1.25 bits per heavy atom. The summed E-state index contributed by atoms with van der Waals surface area (Å²) >= 11 is 1.34. The molecule has 1 amide bonds. The zero-order chi connectivity index (χ0) is 20.1. The zero-order valence-electron chi connectivity index (χ0n) is 16.3. The number of hydrogen-bond acceptors (Lipinski definition) is 7. The van der Waals surface area contributed by atoms with E-state index in [9.17, 15) is 4.79 Å². The van der Waals surface area contributed by atoms with Gasteiger partial charge in [0.1, 0.15) is 0 Å². The van der Waals surface area contributed by atoms with Crippen molar-refractivity contribution in [2.45, 2.75) is 25.5 Å². The van der Waals surface area contributed by atoms with Crippen LogP contribution in [0.3, 0.4) is 0 Å². The first-order chi connectivity index (χ1) is 13.5. The average molecular weight is 401 g/mol. The van der Waals surface area contributed by atoms with Gasteiger partial charge in [-0.15, -0.1) is 10.2 Å². The minimum absolute atomic E-state index is 0.115. The second kappa shape index (κ2) is 8.98. The molecule has 0 aliphatic heterocycles. The molecule has 0 fully saturated rings. The van der Waals surface area contributed by atoms with Gasteiger partial charge < -0.3 is 10.1 Å². The Morgan fingerprint density at radius 2 is 2.00 bits per heavy atom. The summed E-state index contributed by atoms with van der Waals surface area (Å²) < 4.78 is 8.91. The van der Waals surface area contributed by atoms with Crippen LogP contribution in [0.15, 0.2) is 29.7 Å². The molecule has 0 spiro atoms. The molecule has 10 heteroatoms. The lowest BCUT2D eigenvalue weighted by Gasteiger charge is -2.10. The van der Waals surface area contributed by atoms with Gasteiger partial charge in [-0.25, -0.2) is 0 Å². The molecule has 0 bridgehead atoms. The molecule has 3 heterocycles. The van der Waals surface area contributed by atoms with E-state index in [0.29, 0.717) is 18.3 Å². The number of nitrogens with one attached hydrogen (secondary N) is 1. The first-order valence-corrected chi connectivity index (χ1v) is 9.75. The zero-order valence-corrected chi connectivity index (χ0v) is 17.2. The molecule has 0 aliphatic carbocycles. The molecule has 148 valence electrons. The van der Waals surface area contributed by atoms with E-state index in [1.54, 1.807) is 24.2 Å². The number of amides is 1. The lowest BCUT2D eigenvalue weighted by atomic mass is 10.2. The van der Waals surface area contributed by atoms with Crippen LogP contribution in [0.1, 0.15) is 11.4 Å². The molecule has 0 saturated heterocycles. The quantitative estimate of drug-likeness (QED) is 0.577. The van der Waals surface area contributed by atoms with Crippen LogP contribution in [0.5, 0.6) is 0 Å². The summed E-state index contributed by atoms with van der Waals surface area (Å²) in [6.45, 7) is 4.90. The standard InChI is InChI=1S/C18H23N7O2S/c1-12-16(13(2)24(3)23-12)20-15(26)11-28-18-22-21-17(25(18)9-10-27-4)14-5-7-19-8-6-14/h5-8H,9-11H2,1-4H3,(H,20,26). The highest BCUT2D eigenvalue weighted by Crippen LogP contribution is 2.24. The topological polar surface area (TPSA) is 99.8 Å². The summed E-state index contributed by atoms with van der Waals surface area (Å²) in [4.78, 5) is 16.5. The van der Waals surface area contributed by atoms with E-state index in [-0.39, 0.29) is 11.7 Å². The van der Waals surface area contributed by atoms with Crippen molar-refractivity contribution in [3.63, 3.8) is 0 Å². The second-order valence-electron chi connectivity index (χ2n) is 6.19. The van der Waals surface area contributed by atoms with Crippen molar-refractivity contribution in [1.29, 1.82) is 0 Å². The molecule has 28 heavy (non-hydrogen) atoms. The number of carbonyl (C=O) groups is 1. The molecule has 3 aromatic rings. The summed E-state index contributed by atoms with van der Waals surface area (Å²) in [5, 5.41) is 16.5. The lowest BCUT2D eigenvalue weighted by Crippen LogP contribution is -2.16. The van der Waals surface area contributed by atoms with Gasteiger partial charge in [0.25, 0.3) is 0 Å². The maximum absolute atomic E-state index is 12.4. The summed E-state index contributed by atoms with van der Waals surface area (Å²) in [5.74, 6) is 0.826. The summed E-state index contributed by atoms with van der Waals surface area (Å²) in [5.41, 5.74) is 3.38. The normalized spacial score (nSPS) is 11.0. The predicted molar refractivity (Wildman–Crippen MR) is 107 cm³/mol. The number of aromatic nitrogens is 6. The minimum Gasteiger partial charge on any atom is -0.383 e. The first kappa shape index (κ1) is 20.0. The fourth-order valence-electron chi connectivity index (χ4n) is 2.75. The molecule has 0 radical (unpaired) electrons. The Labute approximate surface area is 167 Å². The van der Waals surface area contributed by atoms with Crippen LogP contribution < -0.4 is 5.32 Å². The van der Waals surface area contributed by atoms with Gasteiger partial charge in [-0.1, -0.05) is 11.8 Å². The molecule has 1 N–H and O–H groups in total. The van der Waals surface area contributed by atoms with Crippen LogP contribution in [0.4, 0.5) is 5.69 Å². The SMILES string of the molecule is COCCn1c(SCC(=O)Nc2c(C)nn(C)c2C)nnc1-c1ccncc1. The number of ether oxygens (including phenoxy) is 1. The van der Waals surface area contributed by atoms with E-state index in [2.05, 4.69) is 25.6 Å². The van der Waals surface area contributed by atoms with E-state index in [1.807, 2.05) is 37.6 Å². The molecule has 0 unspecified atom stereocenters. The third kappa shape index (κ3) is 4.39. The third-order valence-corrected chi connectivity index (χ3v) is 5.25. The van der Waals surface area contributed by atoms with Gasteiger partial charge in [0.15, 0.2) is 11.0 Å². The number of pyridine rings is 1. The molecule has 0 aliphatic rings. The van der Waals surface area contributed by atoms with Gasteiger partial charge in [0.2, 0.25) is 5.91 Å². The van der Waals surface area contributed by atoms with Crippen LogP contribution in [-0.4, -0.2) is 54.9 Å². The smallest absolute Gasteiger partial charge is 0.234 e. The number of anilines is 1. The second-order valence-corrected chi connectivity index (χ2v) is 7.14. The van der Waals surface area contributed by atoms with Gasteiger partial charge in [0, 0.05) is 32.1 Å². The van der Waals surface area contributed by atoms with Crippen molar-refractivity contribution in [3.05, 3.63) is 35.9 Å². The molecule has 0 aromatic carbocycles. The minimum atomic E-state index is -0.115. The highest BCUT2D eigenvalue weighted by Gasteiger charge is 2.17. The fraction of sp³-hybridized carbons (Fsp3) is 0.389. The Morgan fingerprint density at radius 3 is 2.64 bits per heavy atom. The van der Waals surface area contributed by atoms with Crippen LogP contribution in [0, 0.1) is 13.8 Å². The summed E-state index contributed by atoms with van der Waals surface area (Å²) in [7, 11) is 3.50. The molecular formula is C18H23N7O2S. The predicted octanol–water partition coefficient (Wildman–Crippen LogP) is 2.07. The average Bonchev–Trinajstić information content (AvgIpc) is 3.21. The highest BCUT2D eigenvalue weighted by atomic mass is 32.2. The molecule has 9 nitrogen and oxygen atoms in total. The van der Waals surface area contributed by atoms with E-state index >= 15 is 0 Å². The Kier molecular flexibility index (Phi) is 6.42. The molecule has 0 atom stereocenters. The van der Waals surface area contributed by atoms with Crippen molar-refractivity contribution in [3.8, 4) is 11.4 Å². The number of carbonyl (C=O) groups excluding carboxylic acids is 1. The number of hydrogen-bond donors (Lipinski definition) is 1. The van der Waals surface area contributed by atoms with E-state index in [1.165, 1.54) is 11.8 Å². The van der Waals surface area contributed by atoms with Crippen LogP contribution in [0.25, 0.3) is 11.4 Å². The van der Waals surface area contributed by atoms with Crippen molar-refractivity contribution in [1.82, 2.24) is 29.5 Å². The van der Waals surface area contributed by atoms with Crippen molar-refractivity contribution < 1.29 is 9.53 Å². The highest BCUT2D eigenvalue weighted by molar-refractivity contribution is 7.99. The van der Waals surface area contributed by atoms with Crippen LogP contribution in [0.2, 0.25) is 0 Å². The monoisotopic (exact) mass is 401 g/mol. The molecule has 3 rings (SSSR count). The number of aryl methyl sites for hydroxylation is 2. The largest absolute Gasteiger partial charge is 0.383 e. The Balaban J connectivity index is 1.73. The van der Waals surface area contributed by atoms with Gasteiger partial charge in [-0.2, -0.15) is 5.10 Å². The van der Waals surface area contributed by atoms with Gasteiger partial charge in [-0.05, 0) is 26.0 Å². The van der Waals surface area contributed by atoms with E-state index < -0.39 is 0 Å². The van der Waals surface area contributed by atoms with Gasteiger partial charge >= 0.3 is 0 Å². The summed E-state index contributed by atoms with van der Waals surface area (Å²) in [6, 6.07) is 3.75. The summed E-state index contributed by atoms with van der Waals surface area (Å²) in [6.07, 6.45) is 3.42. The van der Waals surface area contributed by atoms with Crippen LogP contribution in [-0.2, 0) is 23.1 Å². The van der Waals surface area contributed by atoms with Crippen LogP contribution >= 0.6 is 11.8 Å². The van der Waals surface area contributed by atoms with Gasteiger partial charge in [0.05, 0.1) is 36.0 Å². The van der Waals surface area contributed by atoms with E-state index in [4.69, 9.17) is 4.74 Å². The Hall–Kier alpha value is -2.72. The molecule has 3 aromatic heterocycles. The first-order valence-electron chi connectivity index (χ1n) is 8.76. The maximum Gasteiger partial charge on any atom is 0.234 e. The Bertz CT molecular complexity index is 953. The van der Waals surface area contributed by atoms with E-state index in [0.717, 1.165) is 28.5 Å².